The van der Waals surface area contributed by atoms with Crippen molar-refractivity contribution < 1.29 is 4.79 Å². The van der Waals surface area contributed by atoms with Crippen LogP contribution in [-0.2, 0) is 18.4 Å². The van der Waals surface area contributed by atoms with Gasteiger partial charge in [0.25, 0.3) is 0 Å². The number of guanidine groups is 1. The van der Waals surface area contributed by atoms with E-state index in [1.807, 2.05) is 20.3 Å². The first-order valence-corrected chi connectivity index (χ1v) is 9.38. The number of aryl methyl sites for hydroxylation is 1. The Morgan fingerprint density at radius 3 is 2.76 bits per heavy atom. The van der Waals surface area contributed by atoms with Crippen molar-refractivity contribution in [2.24, 2.45) is 12.0 Å². The van der Waals surface area contributed by atoms with E-state index < -0.39 is 0 Å². The Labute approximate surface area is 176 Å². The van der Waals surface area contributed by atoms with Crippen LogP contribution >= 0.6 is 39.9 Å². The Bertz CT molecular complexity index is 586. The minimum Gasteiger partial charge on any atom is -0.357 e. The van der Waals surface area contributed by atoms with Gasteiger partial charge in [-0.2, -0.15) is 0 Å². The van der Waals surface area contributed by atoms with Crippen molar-refractivity contribution in [1.82, 2.24) is 20.1 Å². The number of hydrogen-bond donors (Lipinski definition) is 2. The molecule has 1 aromatic rings. The molecule has 2 rings (SSSR count). The van der Waals surface area contributed by atoms with Crippen LogP contribution < -0.4 is 10.6 Å². The van der Waals surface area contributed by atoms with Gasteiger partial charge in [0.15, 0.2) is 5.96 Å². The van der Waals surface area contributed by atoms with Crippen LogP contribution in [0.4, 0.5) is 0 Å². The maximum Gasteiger partial charge on any atom is 0.220 e. The van der Waals surface area contributed by atoms with E-state index >= 15 is 0 Å². The number of aliphatic imine (C=N–C) groups is 1. The molecule has 1 fully saturated rings. The molecule has 1 aliphatic rings. The smallest absolute Gasteiger partial charge is 0.220 e. The average molecular weight is 526 g/mol. The van der Waals surface area contributed by atoms with Gasteiger partial charge in [0.05, 0.1) is 6.54 Å². The number of aromatic nitrogens is 1. The fraction of sp³-hybridized carbons (Fsp3) is 0.647. The third-order valence-electron chi connectivity index (χ3n) is 3.94. The third-order valence-corrected chi connectivity index (χ3v) is 4.37. The predicted molar refractivity (Wildman–Crippen MR) is 116 cm³/mol. The van der Waals surface area contributed by atoms with Crippen LogP contribution in [0.1, 0.15) is 38.3 Å². The molecule has 0 saturated heterocycles. The van der Waals surface area contributed by atoms with Crippen molar-refractivity contribution in [2.75, 3.05) is 20.1 Å². The fourth-order valence-electron chi connectivity index (χ4n) is 2.46. The summed E-state index contributed by atoms with van der Waals surface area (Å²) >= 11 is 3.50. The third kappa shape index (κ3) is 7.98. The number of nitrogens with zero attached hydrogens (tertiary/aromatic N) is 3. The second-order valence-corrected chi connectivity index (χ2v) is 7.21. The normalized spacial score (nSPS) is 14.0. The summed E-state index contributed by atoms with van der Waals surface area (Å²) in [7, 11) is 4.07. The van der Waals surface area contributed by atoms with E-state index in [0.29, 0.717) is 19.0 Å². The summed E-state index contributed by atoms with van der Waals surface area (Å²) in [5.74, 6) is 1.03. The first-order valence-electron chi connectivity index (χ1n) is 8.59. The zero-order chi connectivity index (χ0) is 17.5. The van der Waals surface area contributed by atoms with Gasteiger partial charge in [0, 0.05) is 56.0 Å². The molecule has 2 N–H and O–H groups in total. The van der Waals surface area contributed by atoms with Gasteiger partial charge < -0.3 is 20.1 Å². The summed E-state index contributed by atoms with van der Waals surface area (Å²) in [5, 5.41) is 6.32. The lowest BCUT2D eigenvalue weighted by atomic mass is 10.3. The molecule has 1 heterocycles. The zero-order valence-electron chi connectivity index (χ0n) is 15.2. The van der Waals surface area contributed by atoms with E-state index in [4.69, 9.17) is 0 Å². The van der Waals surface area contributed by atoms with Gasteiger partial charge in [-0.1, -0.05) is 0 Å². The number of carbonyl (C=O) groups is 1. The van der Waals surface area contributed by atoms with E-state index in [9.17, 15) is 4.79 Å². The van der Waals surface area contributed by atoms with Gasteiger partial charge in [-0.3, -0.25) is 9.79 Å². The number of halogens is 2. The average Bonchev–Trinajstić information content (AvgIpc) is 3.27. The SMILES string of the molecule is CCNC(=NCCCC(=O)NC1CC1)N(C)Cc1cc(Br)cn1C.I. The highest BCUT2D eigenvalue weighted by molar-refractivity contribution is 14.0. The standard InChI is InChI=1S/C17H28BrN5O.HI/c1-4-19-17(20-9-5-6-16(24)21-14-7-8-14)23(3)12-15-10-13(18)11-22(15)2;/h10-11,14H,4-9,12H2,1-3H3,(H,19,20)(H,21,24);1H. The molecule has 0 unspecified atom stereocenters. The Hall–Kier alpha value is -0.770. The molecule has 8 heteroatoms. The molecule has 1 aliphatic carbocycles. The van der Waals surface area contributed by atoms with Gasteiger partial charge in [-0.05, 0) is 48.2 Å². The number of amides is 1. The van der Waals surface area contributed by atoms with Crippen LogP contribution in [0.5, 0.6) is 0 Å². The highest BCUT2D eigenvalue weighted by Gasteiger charge is 2.22. The number of nitrogens with one attached hydrogen (secondary N) is 2. The van der Waals surface area contributed by atoms with Crippen LogP contribution in [0.15, 0.2) is 21.7 Å². The van der Waals surface area contributed by atoms with Gasteiger partial charge >= 0.3 is 0 Å². The fourth-order valence-corrected chi connectivity index (χ4v) is 3.03. The molecule has 0 aliphatic heterocycles. The van der Waals surface area contributed by atoms with Crippen molar-refractivity contribution in [2.45, 2.75) is 45.2 Å². The Morgan fingerprint density at radius 1 is 1.48 bits per heavy atom. The summed E-state index contributed by atoms with van der Waals surface area (Å²) in [6, 6.07) is 2.55. The number of hydrogen-bond acceptors (Lipinski definition) is 2. The molecule has 0 aromatic carbocycles. The molecule has 6 nitrogen and oxygen atoms in total. The molecule has 142 valence electrons. The van der Waals surface area contributed by atoms with Crippen LogP contribution in [0.25, 0.3) is 0 Å². The molecular formula is C17H29BrIN5O. The second kappa shape index (κ2) is 11.1. The van der Waals surface area contributed by atoms with Crippen LogP contribution in [0.2, 0.25) is 0 Å². The van der Waals surface area contributed by atoms with E-state index in [1.165, 1.54) is 5.69 Å². The van der Waals surface area contributed by atoms with Crippen molar-refractivity contribution in [1.29, 1.82) is 0 Å². The summed E-state index contributed by atoms with van der Waals surface area (Å²) in [4.78, 5) is 18.4. The highest BCUT2D eigenvalue weighted by Crippen LogP contribution is 2.18. The van der Waals surface area contributed by atoms with Crippen molar-refractivity contribution in [3.8, 4) is 0 Å². The summed E-state index contributed by atoms with van der Waals surface area (Å²) in [6.07, 6.45) is 5.64. The van der Waals surface area contributed by atoms with Crippen LogP contribution in [0, 0.1) is 0 Å². The quantitative estimate of drug-likeness (QED) is 0.237. The lowest BCUT2D eigenvalue weighted by Crippen LogP contribution is -2.39. The van der Waals surface area contributed by atoms with Gasteiger partial charge in [-0.15, -0.1) is 24.0 Å². The monoisotopic (exact) mass is 525 g/mol. The molecule has 0 radical (unpaired) electrons. The Kier molecular flexibility index (Phi) is 9.84. The summed E-state index contributed by atoms with van der Waals surface area (Å²) in [6.45, 7) is 4.31. The van der Waals surface area contributed by atoms with E-state index in [1.54, 1.807) is 0 Å². The molecule has 1 saturated carbocycles. The largest absolute Gasteiger partial charge is 0.357 e. The molecule has 0 atom stereocenters. The van der Waals surface area contributed by atoms with E-state index in [-0.39, 0.29) is 29.9 Å². The van der Waals surface area contributed by atoms with Crippen molar-refractivity contribution in [3.63, 3.8) is 0 Å². The Balaban J connectivity index is 0.00000312. The van der Waals surface area contributed by atoms with Gasteiger partial charge in [-0.25, -0.2) is 0 Å². The van der Waals surface area contributed by atoms with Crippen LogP contribution in [-0.4, -0.2) is 47.5 Å². The predicted octanol–water partition coefficient (Wildman–Crippen LogP) is 2.86. The number of carbonyl (C=O) groups excluding carboxylic acids is 1. The van der Waals surface area contributed by atoms with E-state index in [2.05, 4.69) is 54.0 Å². The first-order chi connectivity index (χ1) is 11.5. The minimum atomic E-state index is 0. The van der Waals surface area contributed by atoms with E-state index in [0.717, 1.165) is 42.8 Å². The lowest BCUT2D eigenvalue weighted by Gasteiger charge is -2.22. The van der Waals surface area contributed by atoms with Gasteiger partial charge in [0.2, 0.25) is 5.91 Å². The van der Waals surface area contributed by atoms with Gasteiger partial charge in [0.1, 0.15) is 0 Å². The maximum absolute atomic E-state index is 11.7. The zero-order valence-corrected chi connectivity index (χ0v) is 19.1. The van der Waals surface area contributed by atoms with Crippen molar-refractivity contribution in [3.05, 3.63) is 22.4 Å². The minimum absolute atomic E-state index is 0. The molecular weight excluding hydrogens is 497 g/mol. The van der Waals surface area contributed by atoms with Crippen LogP contribution in [0.3, 0.4) is 0 Å². The highest BCUT2D eigenvalue weighted by atomic mass is 127. The first kappa shape index (κ1) is 22.3. The molecule has 0 bridgehead atoms. The summed E-state index contributed by atoms with van der Waals surface area (Å²) in [5.41, 5.74) is 1.21. The molecule has 25 heavy (non-hydrogen) atoms. The molecule has 0 spiro atoms. The maximum atomic E-state index is 11.7. The second-order valence-electron chi connectivity index (χ2n) is 6.30. The molecule has 1 amide bonds. The molecule has 1 aromatic heterocycles. The number of rotatable bonds is 8. The summed E-state index contributed by atoms with van der Waals surface area (Å²) < 4.78 is 3.18. The topological polar surface area (TPSA) is 61.7 Å². The Morgan fingerprint density at radius 2 is 2.20 bits per heavy atom. The lowest BCUT2D eigenvalue weighted by molar-refractivity contribution is -0.121. The van der Waals surface area contributed by atoms with Crippen molar-refractivity contribution >= 4 is 51.8 Å².